The fourth-order valence-electron chi connectivity index (χ4n) is 4.35. The number of carbonyl (C=O) groups is 1. The molecule has 1 N–H and O–H groups in total. The molecule has 5 nitrogen and oxygen atoms in total. The Labute approximate surface area is 148 Å². The molecular weight excluding hydrogens is 343 g/mol. The van der Waals surface area contributed by atoms with Crippen LogP contribution in [0.25, 0.3) is 0 Å². The lowest BCUT2D eigenvalue weighted by Gasteiger charge is -2.32. The minimum absolute atomic E-state index is 0.148. The van der Waals surface area contributed by atoms with Crippen LogP contribution in [0.2, 0.25) is 0 Å². The summed E-state index contributed by atoms with van der Waals surface area (Å²) in [6, 6.07) is 4.50. The van der Waals surface area contributed by atoms with Gasteiger partial charge in [-0.1, -0.05) is 13.3 Å². The Morgan fingerprint density at radius 3 is 2.44 bits per heavy atom. The fourth-order valence-corrected chi connectivity index (χ4v) is 5.56. The first-order chi connectivity index (χ1) is 11.8. The third kappa shape index (κ3) is 3.81. The normalized spacial score (nSPS) is 26.4. The predicted molar refractivity (Wildman–Crippen MR) is 95.2 cm³/mol. The fraction of sp³-hybridized carbons (Fsp3) is 0.611. The van der Waals surface area contributed by atoms with Crippen molar-refractivity contribution >= 4 is 21.6 Å². The van der Waals surface area contributed by atoms with E-state index in [1.807, 2.05) is 0 Å². The highest BCUT2D eigenvalue weighted by atomic mass is 32.2. The van der Waals surface area contributed by atoms with E-state index in [-0.39, 0.29) is 11.9 Å². The molecule has 2 aliphatic carbocycles. The number of nitrogens with zero attached hydrogens (tertiary/aromatic N) is 1. The molecule has 0 aromatic heterocycles. The van der Waals surface area contributed by atoms with E-state index in [0.717, 1.165) is 29.8 Å². The van der Waals surface area contributed by atoms with Crippen LogP contribution in [0.5, 0.6) is 0 Å². The first-order valence-electron chi connectivity index (χ1n) is 8.85. The molecule has 1 aromatic rings. The maximum Gasteiger partial charge on any atom is 0.244 e. The molecule has 2 fully saturated rings. The zero-order valence-corrected chi connectivity index (χ0v) is 15.4. The molecule has 7 heteroatoms. The van der Waals surface area contributed by atoms with Crippen molar-refractivity contribution in [1.29, 1.82) is 0 Å². The van der Waals surface area contributed by atoms with E-state index in [1.54, 1.807) is 6.92 Å². The first kappa shape index (κ1) is 18.2. The van der Waals surface area contributed by atoms with Gasteiger partial charge in [0.15, 0.2) is 0 Å². The summed E-state index contributed by atoms with van der Waals surface area (Å²) in [4.78, 5) is 12.8. The second kappa shape index (κ2) is 6.94. The summed E-state index contributed by atoms with van der Waals surface area (Å²) in [6.45, 7) is 1.78. The number of anilines is 1. The Kier molecular flexibility index (Phi) is 5.04. The van der Waals surface area contributed by atoms with Crippen LogP contribution in [0.15, 0.2) is 24.3 Å². The molecule has 0 unspecified atom stereocenters. The summed E-state index contributed by atoms with van der Waals surface area (Å²) in [6.07, 6.45) is 5.94. The number of amides is 1. The van der Waals surface area contributed by atoms with Crippen LogP contribution in [0.3, 0.4) is 0 Å². The molecule has 1 amide bonds. The lowest BCUT2D eigenvalue weighted by Crippen LogP contribution is -2.52. The molecule has 2 bridgehead atoms. The summed E-state index contributed by atoms with van der Waals surface area (Å²) in [5.74, 6) is 0.494. The van der Waals surface area contributed by atoms with Gasteiger partial charge in [0.05, 0.1) is 11.9 Å². The van der Waals surface area contributed by atoms with Crippen LogP contribution in [-0.2, 0) is 14.8 Å². The first-order valence-corrected chi connectivity index (χ1v) is 10.7. The molecular formula is C18H25FN2O3S. The Hall–Kier alpha value is -1.63. The summed E-state index contributed by atoms with van der Waals surface area (Å²) in [5.41, 5.74) is 0.304. The van der Waals surface area contributed by atoms with Crippen molar-refractivity contribution in [1.82, 2.24) is 5.32 Å². The topological polar surface area (TPSA) is 66.5 Å². The monoisotopic (exact) mass is 368 g/mol. The number of halogens is 1. The van der Waals surface area contributed by atoms with E-state index in [2.05, 4.69) is 5.32 Å². The molecule has 0 heterocycles. The zero-order valence-electron chi connectivity index (χ0n) is 14.6. The van der Waals surface area contributed by atoms with Gasteiger partial charge in [0.2, 0.25) is 15.9 Å². The summed E-state index contributed by atoms with van der Waals surface area (Å²) in [7, 11) is -3.68. The second-order valence-corrected chi connectivity index (χ2v) is 9.11. The highest BCUT2D eigenvalue weighted by Crippen LogP contribution is 2.44. The number of hydrogen-bond donors (Lipinski definition) is 1. The van der Waals surface area contributed by atoms with Gasteiger partial charge in [0.25, 0.3) is 0 Å². The smallest absolute Gasteiger partial charge is 0.244 e. The van der Waals surface area contributed by atoms with Crippen molar-refractivity contribution in [3.8, 4) is 0 Å². The van der Waals surface area contributed by atoms with Crippen molar-refractivity contribution in [2.24, 2.45) is 11.8 Å². The average Bonchev–Trinajstić information content (AvgIpc) is 3.15. The Morgan fingerprint density at radius 1 is 1.28 bits per heavy atom. The molecule has 0 spiro atoms. The van der Waals surface area contributed by atoms with Gasteiger partial charge in [-0.3, -0.25) is 9.10 Å². The third-order valence-corrected chi connectivity index (χ3v) is 6.66. The number of nitrogens with one attached hydrogen (secondary N) is 1. The van der Waals surface area contributed by atoms with Gasteiger partial charge >= 0.3 is 0 Å². The van der Waals surface area contributed by atoms with Gasteiger partial charge in [-0.05, 0) is 61.8 Å². The standard InChI is InChI=1S/C18H25FN2O3S/c1-3-17(18(22)20-16-11-12-4-5-13(16)10-12)21(25(2,23)24)15-8-6-14(19)7-9-15/h6-9,12-13,16-17H,3-5,10-11H2,1-2H3,(H,20,22)/t12-,13-,16+,17+/m1/s1. The highest BCUT2D eigenvalue weighted by Gasteiger charge is 2.41. The maximum absolute atomic E-state index is 13.2. The van der Waals surface area contributed by atoms with Crippen molar-refractivity contribution in [2.45, 2.75) is 51.1 Å². The van der Waals surface area contributed by atoms with Gasteiger partial charge in [-0.15, -0.1) is 0 Å². The Balaban J connectivity index is 1.82. The van der Waals surface area contributed by atoms with Gasteiger partial charge < -0.3 is 5.32 Å². The van der Waals surface area contributed by atoms with Gasteiger partial charge in [-0.25, -0.2) is 12.8 Å². The van der Waals surface area contributed by atoms with Crippen molar-refractivity contribution in [2.75, 3.05) is 10.6 Å². The van der Waals surface area contributed by atoms with Crippen LogP contribution >= 0.6 is 0 Å². The van der Waals surface area contributed by atoms with E-state index in [4.69, 9.17) is 0 Å². The largest absolute Gasteiger partial charge is 0.351 e. The number of hydrogen-bond acceptors (Lipinski definition) is 3. The molecule has 0 saturated heterocycles. The highest BCUT2D eigenvalue weighted by molar-refractivity contribution is 7.92. The molecule has 25 heavy (non-hydrogen) atoms. The van der Waals surface area contributed by atoms with Gasteiger partial charge in [0.1, 0.15) is 11.9 Å². The molecule has 2 saturated carbocycles. The summed E-state index contributed by atoms with van der Waals surface area (Å²) >= 11 is 0. The molecule has 0 aliphatic heterocycles. The molecule has 3 rings (SSSR count). The minimum atomic E-state index is -3.68. The number of rotatable bonds is 6. The summed E-state index contributed by atoms with van der Waals surface area (Å²) in [5, 5.41) is 3.08. The van der Waals surface area contributed by atoms with Gasteiger partial charge in [0, 0.05) is 6.04 Å². The Bertz CT molecular complexity index is 735. The second-order valence-electron chi connectivity index (χ2n) is 7.25. The SMILES string of the molecule is CC[C@@H](C(=O)N[C@H]1C[C@@H]2CC[C@@H]1C2)N(c1ccc(F)cc1)S(C)(=O)=O. The predicted octanol–water partition coefficient (Wildman–Crippen LogP) is 2.68. The molecule has 2 aliphatic rings. The number of carbonyl (C=O) groups excluding carboxylic acids is 1. The van der Waals surface area contributed by atoms with E-state index in [1.165, 1.54) is 30.7 Å². The van der Waals surface area contributed by atoms with E-state index in [9.17, 15) is 17.6 Å². The van der Waals surface area contributed by atoms with Crippen LogP contribution in [0.4, 0.5) is 10.1 Å². The third-order valence-electron chi connectivity index (χ3n) is 5.48. The number of fused-ring (bicyclic) bond motifs is 2. The van der Waals surface area contributed by atoms with E-state index in [0.29, 0.717) is 23.9 Å². The van der Waals surface area contributed by atoms with Crippen molar-refractivity contribution in [3.05, 3.63) is 30.1 Å². The van der Waals surface area contributed by atoms with Crippen molar-refractivity contribution < 1.29 is 17.6 Å². The van der Waals surface area contributed by atoms with E-state index >= 15 is 0 Å². The molecule has 138 valence electrons. The average molecular weight is 368 g/mol. The number of sulfonamides is 1. The molecule has 4 atom stereocenters. The Morgan fingerprint density at radius 2 is 1.96 bits per heavy atom. The lowest BCUT2D eigenvalue weighted by molar-refractivity contribution is -0.123. The van der Waals surface area contributed by atoms with Crippen LogP contribution in [0.1, 0.15) is 39.0 Å². The maximum atomic E-state index is 13.2. The van der Waals surface area contributed by atoms with Crippen LogP contribution in [0, 0.1) is 17.7 Å². The summed E-state index contributed by atoms with van der Waals surface area (Å²) < 4.78 is 39.0. The minimum Gasteiger partial charge on any atom is -0.351 e. The van der Waals surface area contributed by atoms with Crippen LogP contribution in [-0.4, -0.2) is 32.7 Å². The zero-order chi connectivity index (χ0) is 18.2. The van der Waals surface area contributed by atoms with Gasteiger partial charge in [-0.2, -0.15) is 0 Å². The van der Waals surface area contributed by atoms with Crippen LogP contribution < -0.4 is 9.62 Å². The molecule has 1 aromatic carbocycles. The van der Waals surface area contributed by atoms with E-state index < -0.39 is 21.9 Å². The van der Waals surface area contributed by atoms with Crippen molar-refractivity contribution in [3.63, 3.8) is 0 Å². The quantitative estimate of drug-likeness (QED) is 0.839. The number of benzene rings is 1. The molecule has 0 radical (unpaired) electrons. The lowest BCUT2D eigenvalue weighted by atomic mass is 9.95.